The molecule has 0 radical (unpaired) electrons. The largest absolute Gasteiger partial charge is 0.459 e. The van der Waals surface area contributed by atoms with Gasteiger partial charge in [-0.2, -0.15) is 0 Å². The highest BCUT2D eigenvalue weighted by atomic mass is 35.5. The van der Waals surface area contributed by atoms with Crippen LogP contribution in [0.2, 0.25) is 0 Å². The molecule has 7 heteroatoms. The molecule has 1 aliphatic heterocycles. The van der Waals surface area contributed by atoms with Crippen molar-refractivity contribution in [3.8, 4) is 0 Å². The number of hydrogen-bond donors (Lipinski definition) is 0. The Kier molecular flexibility index (Phi) is 4.89. The summed E-state index contributed by atoms with van der Waals surface area (Å²) in [5.74, 6) is -3.56. The van der Waals surface area contributed by atoms with Crippen molar-refractivity contribution in [2.45, 2.75) is 29.3 Å². The van der Waals surface area contributed by atoms with E-state index in [2.05, 4.69) is 0 Å². The average molecular weight is 506 g/mol. The molecular formula is C28H21Cl2NO4. The van der Waals surface area contributed by atoms with Crippen LogP contribution >= 0.6 is 23.2 Å². The Bertz CT molecular complexity index is 1270. The number of imide groups is 1. The van der Waals surface area contributed by atoms with E-state index in [4.69, 9.17) is 27.9 Å². The van der Waals surface area contributed by atoms with E-state index in [1.54, 1.807) is 0 Å². The zero-order valence-electron chi connectivity index (χ0n) is 18.8. The first kappa shape index (κ1) is 22.3. The average Bonchev–Trinajstić information content (AvgIpc) is 3.17. The van der Waals surface area contributed by atoms with E-state index in [0.717, 1.165) is 32.7 Å². The first-order chi connectivity index (χ1) is 16.8. The molecule has 7 rings (SSSR count). The number of carbonyl (C=O) groups is 3. The van der Waals surface area contributed by atoms with Crippen LogP contribution in [0.1, 0.15) is 34.7 Å². The highest BCUT2D eigenvalue weighted by Gasteiger charge is 2.73. The molecule has 3 atom stereocenters. The van der Waals surface area contributed by atoms with E-state index in [9.17, 15) is 14.4 Å². The highest BCUT2D eigenvalue weighted by Crippen LogP contribution is 2.69. The Hall–Kier alpha value is -3.15. The van der Waals surface area contributed by atoms with Crippen LogP contribution in [0.5, 0.6) is 0 Å². The van der Waals surface area contributed by atoms with Gasteiger partial charge >= 0.3 is 5.97 Å². The normalized spacial score (nSPS) is 28.8. The summed E-state index contributed by atoms with van der Waals surface area (Å²) in [5.41, 5.74) is 3.69. The summed E-state index contributed by atoms with van der Waals surface area (Å²) in [6.07, 6.45) is 0. The topological polar surface area (TPSA) is 63.7 Å². The molecule has 3 aliphatic carbocycles. The molecule has 0 aromatic heterocycles. The predicted octanol–water partition coefficient (Wildman–Crippen LogP) is 4.71. The molecule has 2 bridgehead atoms. The summed E-state index contributed by atoms with van der Waals surface area (Å²) in [7, 11) is 0. The summed E-state index contributed by atoms with van der Waals surface area (Å²) in [6.45, 7) is 1.55. The number of esters is 1. The van der Waals surface area contributed by atoms with Crippen LogP contribution in [0.25, 0.3) is 0 Å². The van der Waals surface area contributed by atoms with Gasteiger partial charge in [0.15, 0.2) is 0 Å². The molecule has 1 saturated heterocycles. The third-order valence-electron chi connectivity index (χ3n) is 7.57. The Morgan fingerprint density at radius 3 is 1.63 bits per heavy atom. The van der Waals surface area contributed by atoms with Gasteiger partial charge in [-0.25, -0.2) is 4.79 Å². The molecule has 4 aliphatic rings. The maximum absolute atomic E-state index is 13.9. The second kappa shape index (κ2) is 7.67. The van der Waals surface area contributed by atoms with Gasteiger partial charge in [0.2, 0.25) is 11.8 Å². The SMILES string of the molecule is C[C@H](C(=O)OCc1ccccc1)N1C(=O)[C@H]2[C@H](C1=O)C1(Cl)c3ccccc3C2(Cl)c2ccccc21. The summed E-state index contributed by atoms with van der Waals surface area (Å²) >= 11 is 14.8. The Morgan fingerprint density at radius 2 is 1.20 bits per heavy atom. The molecule has 3 aromatic carbocycles. The molecule has 2 amide bonds. The van der Waals surface area contributed by atoms with E-state index in [1.807, 2.05) is 78.9 Å². The van der Waals surface area contributed by atoms with E-state index in [0.29, 0.717) is 0 Å². The summed E-state index contributed by atoms with van der Waals surface area (Å²) in [4.78, 5) is 39.2. The van der Waals surface area contributed by atoms with Crippen LogP contribution in [0.4, 0.5) is 0 Å². The van der Waals surface area contributed by atoms with Gasteiger partial charge in [0.05, 0.1) is 11.8 Å². The van der Waals surface area contributed by atoms with Crippen molar-refractivity contribution in [2.24, 2.45) is 11.8 Å². The fraction of sp³-hybridized carbons (Fsp3) is 0.250. The monoisotopic (exact) mass is 505 g/mol. The van der Waals surface area contributed by atoms with Crippen molar-refractivity contribution in [3.63, 3.8) is 0 Å². The van der Waals surface area contributed by atoms with E-state index in [1.165, 1.54) is 6.92 Å². The molecule has 35 heavy (non-hydrogen) atoms. The minimum absolute atomic E-state index is 0.0445. The van der Waals surface area contributed by atoms with E-state index in [-0.39, 0.29) is 6.61 Å². The van der Waals surface area contributed by atoms with Gasteiger partial charge in [0.25, 0.3) is 0 Å². The van der Waals surface area contributed by atoms with Crippen molar-refractivity contribution in [3.05, 3.63) is 107 Å². The predicted molar refractivity (Wildman–Crippen MR) is 131 cm³/mol. The third-order valence-corrected chi connectivity index (χ3v) is 8.86. The number of benzene rings is 3. The molecule has 3 aromatic rings. The zero-order valence-corrected chi connectivity index (χ0v) is 20.3. The summed E-state index contributed by atoms with van der Waals surface area (Å²) in [5, 5.41) is 0. The molecule has 1 heterocycles. The van der Waals surface area contributed by atoms with Crippen molar-refractivity contribution >= 4 is 41.0 Å². The van der Waals surface area contributed by atoms with Crippen LogP contribution < -0.4 is 0 Å². The van der Waals surface area contributed by atoms with Gasteiger partial charge in [-0.1, -0.05) is 78.9 Å². The first-order valence-electron chi connectivity index (χ1n) is 11.5. The van der Waals surface area contributed by atoms with Crippen molar-refractivity contribution < 1.29 is 19.1 Å². The summed E-state index contributed by atoms with van der Waals surface area (Å²) in [6, 6.07) is 23.0. The molecule has 0 N–H and O–H groups in total. The molecule has 0 spiro atoms. The Labute approximate surface area is 212 Å². The minimum atomic E-state index is -1.27. The number of carbonyl (C=O) groups excluding carboxylic acids is 3. The number of alkyl halides is 2. The van der Waals surface area contributed by atoms with Crippen molar-refractivity contribution in [2.75, 3.05) is 0 Å². The van der Waals surface area contributed by atoms with Crippen molar-refractivity contribution in [1.29, 1.82) is 0 Å². The molecule has 1 fully saturated rings. The van der Waals surface area contributed by atoms with Crippen LogP contribution in [0.15, 0.2) is 78.9 Å². The Balaban J connectivity index is 1.41. The number of halogens is 2. The van der Waals surface area contributed by atoms with Gasteiger partial charge in [-0.3, -0.25) is 14.5 Å². The van der Waals surface area contributed by atoms with Gasteiger partial charge in [-0.15, -0.1) is 23.2 Å². The second-order valence-corrected chi connectivity index (χ2v) is 10.5. The number of likely N-dealkylation sites (tertiary alicyclic amines) is 1. The van der Waals surface area contributed by atoms with Gasteiger partial charge in [0.1, 0.15) is 22.4 Å². The Morgan fingerprint density at radius 1 is 0.800 bits per heavy atom. The van der Waals surface area contributed by atoms with Gasteiger partial charge in [-0.05, 0) is 34.7 Å². The fourth-order valence-electron chi connectivity index (χ4n) is 6.03. The molecule has 0 unspecified atom stereocenters. The lowest BCUT2D eigenvalue weighted by Crippen LogP contribution is -2.57. The number of hydrogen-bond acceptors (Lipinski definition) is 4. The smallest absolute Gasteiger partial charge is 0.329 e. The number of rotatable bonds is 4. The summed E-state index contributed by atoms with van der Waals surface area (Å²) < 4.78 is 5.44. The number of amides is 2. The first-order valence-corrected chi connectivity index (χ1v) is 12.2. The quantitative estimate of drug-likeness (QED) is 0.292. The van der Waals surface area contributed by atoms with E-state index < -0.39 is 45.4 Å². The van der Waals surface area contributed by atoms with Gasteiger partial charge < -0.3 is 4.74 Å². The molecule has 176 valence electrons. The maximum Gasteiger partial charge on any atom is 0.329 e. The number of ether oxygens (including phenoxy) is 1. The van der Waals surface area contributed by atoms with Crippen molar-refractivity contribution in [1.82, 2.24) is 4.90 Å². The number of nitrogens with zero attached hydrogens (tertiary/aromatic N) is 1. The van der Waals surface area contributed by atoms with E-state index >= 15 is 0 Å². The second-order valence-electron chi connectivity index (χ2n) is 9.29. The third kappa shape index (κ3) is 2.79. The maximum atomic E-state index is 13.9. The molecular weight excluding hydrogens is 485 g/mol. The molecule has 5 nitrogen and oxygen atoms in total. The minimum Gasteiger partial charge on any atom is -0.459 e. The van der Waals surface area contributed by atoms with Crippen LogP contribution in [-0.4, -0.2) is 28.7 Å². The zero-order chi connectivity index (χ0) is 24.5. The van der Waals surface area contributed by atoms with Crippen LogP contribution in [-0.2, 0) is 35.5 Å². The lowest BCUT2D eigenvalue weighted by atomic mass is 9.54. The van der Waals surface area contributed by atoms with Crippen LogP contribution in [0, 0.1) is 11.8 Å². The molecule has 0 saturated carbocycles. The lowest BCUT2D eigenvalue weighted by Gasteiger charge is -2.54. The van der Waals surface area contributed by atoms with Gasteiger partial charge in [0, 0.05) is 0 Å². The fourth-order valence-corrected chi connectivity index (χ4v) is 7.12. The standard InChI is InChI=1S/C28H21Cl2NO4/c1-16(26(34)35-15-17-9-3-2-4-10-17)31-24(32)22-23(25(31)33)28(30)19-12-6-5-11-18(19)27(22,29)20-13-7-8-14-21(20)28/h2-14,16,22-23H,15H2,1H3/t16-,22-,23-,27?,28?/m1/s1. The highest BCUT2D eigenvalue weighted by molar-refractivity contribution is 6.36. The lowest BCUT2D eigenvalue weighted by molar-refractivity contribution is -0.159. The van der Waals surface area contributed by atoms with Crippen LogP contribution in [0.3, 0.4) is 0 Å².